The number of likely N-dealkylation sites (tertiary alicyclic amines) is 1. The van der Waals surface area contributed by atoms with Gasteiger partial charge in [0.25, 0.3) is 5.91 Å². The van der Waals surface area contributed by atoms with Crippen molar-refractivity contribution in [1.29, 1.82) is 0 Å². The van der Waals surface area contributed by atoms with Crippen LogP contribution in [-0.4, -0.2) is 98.3 Å². The highest BCUT2D eigenvalue weighted by Crippen LogP contribution is 2.38. The van der Waals surface area contributed by atoms with Crippen LogP contribution >= 0.6 is 0 Å². The minimum absolute atomic E-state index is 0.214. The number of carbonyl (C=O) groups excluding carboxylic acids is 3. The number of aromatic amines is 2. The lowest BCUT2D eigenvalue weighted by molar-refractivity contribution is -0.143. The zero-order valence-corrected chi connectivity index (χ0v) is 35.4. The standard InChI is InChI=1S/C48H50N8O7/c1-27(2)40(53-47(59)60)45(57)56-20-21-63-26-39(56)44-50-36-18-16-33-23-32(15-17-35(33)42(36)52-44)29-11-12-31-24-34(14-13-30(31)22-29)37-25-49-43(51-37)38-10-7-19-55(38)46(58)41(54-48(61)62-3)28-8-5-4-6-9-28/h4-6,8-9,11-15,17,22-25,27,38-41,53H,7,10,16,18-21,26H2,1-3H3,(H,49,51)(H,50,52)(H,54,61)(H,59,60)/t38-,39-,40-,41+/m0/s1. The Labute approximate surface area is 364 Å². The Kier molecular flexibility index (Phi) is 11.4. The third-order valence-corrected chi connectivity index (χ3v) is 12.5. The Hall–Kier alpha value is -7.00. The van der Waals surface area contributed by atoms with Gasteiger partial charge in [0.1, 0.15) is 29.8 Å². The van der Waals surface area contributed by atoms with E-state index in [9.17, 15) is 24.3 Å². The molecule has 6 aromatic rings. The number of nitrogens with zero attached hydrogens (tertiary/aromatic N) is 4. The van der Waals surface area contributed by atoms with Crippen molar-refractivity contribution in [3.8, 4) is 33.6 Å². The first-order chi connectivity index (χ1) is 30.6. The maximum absolute atomic E-state index is 14.0. The van der Waals surface area contributed by atoms with Crippen molar-refractivity contribution in [3.63, 3.8) is 0 Å². The number of fused-ring (bicyclic) bond motifs is 4. The predicted octanol–water partition coefficient (Wildman–Crippen LogP) is 7.34. The molecule has 4 amide bonds. The Morgan fingerprint density at radius 2 is 1.56 bits per heavy atom. The van der Waals surface area contributed by atoms with E-state index in [1.165, 1.54) is 12.7 Å². The fraction of sp³-hybridized carbons (Fsp3) is 0.333. The van der Waals surface area contributed by atoms with Gasteiger partial charge in [-0.05, 0) is 76.8 Å². The molecule has 63 heavy (non-hydrogen) atoms. The average molecular weight is 851 g/mol. The second kappa shape index (κ2) is 17.4. The molecule has 0 unspecified atom stereocenters. The van der Waals surface area contributed by atoms with Gasteiger partial charge in [-0.1, -0.05) is 86.6 Å². The molecule has 2 aliphatic heterocycles. The zero-order chi connectivity index (χ0) is 43.8. The fourth-order valence-corrected chi connectivity index (χ4v) is 9.22. The van der Waals surface area contributed by atoms with E-state index < -0.39 is 30.3 Å². The molecule has 2 aromatic heterocycles. The van der Waals surface area contributed by atoms with Gasteiger partial charge in [0.2, 0.25) is 5.91 Å². The van der Waals surface area contributed by atoms with Crippen LogP contribution in [0.5, 0.6) is 0 Å². The number of amides is 4. The zero-order valence-electron chi connectivity index (χ0n) is 35.4. The number of benzene rings is 4. The molecule has 2 saturated heterocycles. The number of hydrogen-bond donors (Lipinski definition) is 5. The second-order valence-corrected chi connectivity index (χ2v) is 16.7. The Balaban J connectivity index is 0.914. The topological polar surface area (TPSA) is 195 Å². The molecule has 0 spiro atoms. The molecule has 9 rings (SSSR count). The lowest BCUT2D eigenvalue weighted by Gasteiger charge is -2.37. The molecule has 5 N–H and O–H groups in total. The maximum Gasteiger partial charge on any atom is 0.407 e. The number of imidazole rings is 2. The van der Waals surface area contributed by atoms with E-state index >= 15 is 0 Å². The van der Waals surface area contributed by atoms with Crippen LogP contribution in [0.1, 0.15) is 73.3 Å². The van der Waals surface area contributed by atoms with Crippen molar-refractivity contribution in [2.45, 2.75) is 63.7 Å². The van der Waals surface area contributed by atoms with Crippen molar-refractivity contribution >= 4 is 34.8 Å². The van der Waals surface area contributed by atoms with Gasteiger partial charge in [-0.2, -0.15) is 0 Å². The monoisotopic (exact) mass is 850 g/mol. The summed E-state index contributed by atoms with van der Waals surface area (Å²) in [5.74, 6) is 0.615. The number of methoxy groups -OCH3 is 1. The molecule has 4 aromatic carbocycles. The Morgan fingerprint density at radius 3 is 2.32 bits per heavy atom. The van der Waals surface area contributed by atoms with E-state index in [1.54, 1.807) is 9.80 Å². The first-order valence-electron chi connectivity index (χ1n) is 21.5. The Bertz CT molecular complexity index is 2690. The van der Waals surface area contributed by atoms with E-state index in [0.29, 0.717) is 36.9 Å². The number of morpholine rings is 1. The normalized spacial score (nSPS) is 18.1. The van der Waals surface area contributed by atoms with Crippen molar-refractivity contribution in [1.82, 2.24) is 40.4 Å². The highest BCUT2D eigenvalue weighted by atomic mass is 16.5. The number of carboxylic acid groups (broad SMARTS) is 1. The summed E-state index contributed by atoms with van der Waals surface area (Å²) < 4.78 is 10.6. The van der Waals surface area contributed by atoms with Gasteiger partial charge < -0.3 is 45.0 Å². The van der Waals surface area contributed by atoms with E-state index in [2.05, 4.69) is 75.2 Å². The molecule has 15 heteroatoms. The molecule has 4 heterocycles. The van der Waals surface area contributed by atoms with Gasteiger partial charge in [-0.3, -0.25) is 9.59 Å². The molecule has 0 bridgehead atoms. The van der Waals surface area contributed by atoms with Crippen molar-refractivity contribution < 1.29 is 33.8 Å². The minimum atomic E-state index is -1.23. The largest absolute Gasteiger partial charge is 0.465 e. The van der Waals surface area contributed by atoms with Crippen LogP contribution in [0.25, 0.3) is 44.4 Å². The predicted molar refractivity (Wildman–Crippen MR) is 235 cm³/mol. The lowest BCUT2D eigenvalue weighted by Crippen LogP contribution is -2.54. The van der Waals surface area contributed by atoms with Crippen LogP contribution in [-0.2, 0) is 31.9 Å². The number of alkyl carbamates (subject to hydrolysis) is 1. The van der Waals surface area contributed by atoms with Gasteiger partial charge >= 0.3 is 12.2 Å². The molecule has 324 valence electrons. The number of nitrogens with one attached hydrogen (secondary N) is 4. The van der Waals surface area contributed by atoms with Gasteiger partial charge in [0.15, 0.2) is 0 Å². The molecule has 2 fully saturated rings. The first-order valence-corrected chi connectivity index (χ1v) is 21.5. The van der Waals surface area contributed by atoms with E-state index in [0.717, 1.165) is 75.8 Å². The molecule has 0 saturated carbocycles. The summed E-state index contributed by atoms with van der Waals surface area (Å²) in [4.78, 5) is 71.7. The second-order valence-electron chi connectivity index (χ2n) is 16.7. The number of ether oxygens (including phenoxy) is 2. The lowest BCUT2D eigenvalue weighted by atomic mass is 9.89. The number of rotatable bonds is 10. The van der Waals surface area contributed by atoms with Crippen LogP contribution in [0, 0.1) is 5.92 Å². The summed E-state index contributed by atoms with van der Waals surface area (Å²) in [7, 11) is 1.28. The molecule has 4 atom stereocenters. The third-order valence-electron chi connectivity index (χ3n) is 12.5. The molecule has 0 radical (unpaired) electrons. The van der Waals surface area contributed by atoms with Crippen LogP contribution in [0.2, 0.25) is 0 Å². The fourth-order valence-electron chi connectivity index (χ4n) is 9.22. The van der Waals surface area contributed by atoms with Gasteiger partial charge in [0, 0.05) is 29.9 Å². The highest BCUT2D eigenvalue weighted by molar-refractivity contribution is 5.91. The van der Waals surface area contributed by atoms with Crippen LogP contribution in [0.15, 0.2) is 91.1 Å². The summed E-state index contributed by atoms with van der Waals surface area (Å²) in [6.45, 7) is 5.18. The number of carbonyl (C=O) groups is 4. The molecule has 15 nitrogen and oxygen atoms in total. The number of hydrogen-bond acceptors (Lipinski definition) is 8. The van der Waals surface area contributed by atoms with Gasteiger partial charge in [-0.15, -0.1) is 0 Å². The highest BCUT2D eigenvalue weighted by Gasteiger charge is 2.39. The summed E-state index contributed by atoms with van der Waals surface area (Å²) in [5, 5.41) is 16.7. The summed E-state index contributed by atoms with van der Waals surface area (Å²) in [6.07, 6.45) is 3.06. The maximum atomic E-state index is 14.0. The number of aryl methyl sites for hydroxylation is 2. The summed E-state index contributed by atoms with van der Waals surface area (Å²) >= 11 is 0. The SMILES string of the molecule is COC(=O)N[C@@H](C(=O)N1CCC[C@H]1c1ncc(-c2ccc3cc(-c4ccc5c(c4)CCc4[nH]c([C@@H]6COCCN6C(=O)[C@@H](NC(=O)O)C(C)C)nc4-5)ccc3c2)[nH]1)c1ccccc1. The molecule has 3 aliphatic rings. The smallest absolute Gasteiger partial charge is 0.407 e. The average Bonchev–Trinajstić information content (AvgIpc) is 4.10. The molecule has 1 aliphatic carbocycles. The van der Waals surface area contributed by atoms with Gasteiger partial charge in [-0.25, -0.2) is 19.6 Å². The third kappa shape index (κ3) is 8.23. The van der Waals surface area contributed by atoms with E-state index in [4.69, 9.17) is 19.4 Å². The quantitative estimate of drug-likeness (QED) is 0.0938. The van der Waals surface area contributed by atoms with Crippen LogP contribution in [0.3, 0.4) is 0 Å². The van der Waals surface area contributed by atoms with Crippen molar-refractivity contribution in [2.75, 3.05) is 33.4 Å². The van der Waals surface area contributed by atoms with Gasteiger partial charge in [0.05, 0.1) is 44.0 Å². The van der Waals surface area contributed by atoms with Crippen molar-refractivity contribution in [2.24, 2.45) is 5.92 Å². The first kappa shape index (κ1) is 41.4. The summed E-state index contributed by atoms with van der Waals surface area (Å²) in [5.41, 5.74) is 8.83. The number of aromatic nitrogens is 4. The molecular weight excluding hydrogens is 801 g/mol. The van der Waals surface area contributed by atoms with E-state index in [-0.39, 0.29) is 30.4 Å². The minimum Gasteiger partial charge on any atom is -0.465 e. The Morgan fingerprint density at radius 1 is 0.825 bits per heavy atom. The molecular formula is C48H50N8O7. The van der Waals surface area contributed by atoms with Crippen LogP contribution in [0.4, 0.5) is 9.59 Å². The van der Waals surface area contributed by atoms with Crippen LogP contribution < -0.4 is 10.6 Å². The summed E-state index contributed by atoms with van der Waals surface area (Å²) in [6, 6.07) is 26.0. The van der Waals surface area contributed by atoms with E-state index in [1.807, 2.05) is 50.4 Å². The van der Waals surface area contributed by atoms with Crippen molar-refractivity contribution in [3.05, 3.63) is 120 Å². The number of H-pyrrole nitrogens is 2.